The van der Waals surface area contributed by atoms with Crippen molar-refractivity contribution in [3.63, 3.8) is 0 Å². The van der Waals surface area contributed by atoms with Gasteiger partial charge in [0.1, 0.15) is 16.5 Å². The fourth-order valence-corrected chi connectivity index (χ4v) is 3.94. The monoisotopic (exact) mass is 383 g/mol. The molecule has 3 N–H and O–H groups in total. The van der Waals surface area contributed by atoms with E-state index in [4.69, 9.17) is 5.73 Å². The Balaban J connectivity index is 1.98. The molecule has 9 heteroatoms. The van der Waals surface area contributed by atoms with E-state index in [-0.39, 0.29) is 22.4 Å². The number of amides is 1. The van der Waals surface area contributed by atoms with E-state index in [0.29, 0.717) is 22.5 Å². The summed E-state index contributed by atoms with van der Waals surface area (Å²) in [6, 6.07) is 8.15. The number of hydrogen-bond acceptors (Lipinski definition) is 7. The molecule has 0 aromatic carbocycles. The van der Waals surface area contributed by atoms with Crippen molar-refractivity contribution in [2.24, 2.45) is 0 Å². The van der Waals surface area contributed by atoms with Gasteiger partial charge in [-0.2, -0.15) is 0 Å². The lowest BCUT2D eigenvalue weighted by molar-refractivity contribution is -0.114. The molecule has 3 aromatic heterocycles. The van der Waals surface area contributed by atoms with Gasteiger partial charge in [-0.3, -0.25) is 9.78 Å². The van der Waals surface area contributed by atoms with Gasteiger partial charge in [-0.25, -0.2) is 18.4 Å². The van der Waals surface area contributed by atoms with Gasteiger partial charge in [0, 0.05) is 37.3 Å². The molecule has 0 radical (unpaired) electrons. The summed E-state index contributed by atoms with van der Waals surface area (Å²) in [7, 11) is -3.72. The lowest BCUT2D eigenvalue weighted by atomic mass is 10.1. The van der Waals surface area contributed by atoms with Gasteiger partial charge in [-0.15, -0.1) is 0 Å². The molecule has 3 rings (SSSR count). The topological polar surface area (TPSA) is 128 Å². The van der Waals surface area contributed by atoms with Crippen LogP contribution in [0.5, 0.6) is 0 Å². The van der Waals surface area contributed by atoms with Crippen LogP contribution >= 0.6 is 0 Å². The highest BCUT2D eigenvalue weighted by atomic mass is 32.2. The third-order valence-corrected chi connectivity index (χ3v) is 5.40. The quantitative estimate of drug-likeness (QED) is 0.690. The maximum absolute atomic E-state index is 12.8. The normalized spacial score (nSPS) is 11.1. The maximum atomic E-state index is 12.8. The zero-order valence-corrected chi connectivity index (χ0v) is 15.3. The minimum atomic E-state index is -3.72. The Kier molecular flexibility index (Phi) is 5.13. The van der Waals surface area contributed by atoms with Gasteiger partial charge < -0.3 is 11.1 Å². The van der Waals surface area contributed by atoms with E-state index in [1.54, 1.807) is 30.5 Å². The first-order valence-electron chi connectivity index (χ1n) is 7.96. The summed E-state index contributed by atoms with van der Waals surface area (Å²) in [5.74, 6) is -0.200. The van der Waals surface area contributed by atoms with E-state index in [1.165, 1.54) is 31.6 Å². The molecule has 138 valence electrons. The lowest BCUT2D eigenvalue weighted by Crippen LogP contribution is -2.10. The molecule has 0 atom stereocenters. The smallest absolute Gasteiger partial charge is 0.222 e. The van der Waals surface area contributed by atoms with Gasteiger partial charge in [0.05, 0.1) is 5.75 Å². The number of carbonyl (C=O) groups excluding carboxylic acids is 1. The van der Waals surface area contributed by atoms with Crippen molar-refractivity contribution < 1.29 is 13.2 Å². The summed E-state index contributed by atoms with van der Waals surface area (Å²) in [6.45, 7) is 1.38. The second-order valence-corrected chi connectivity index (χ2v) is 7.80. The Labute approximate surface area is 156 Å². The number of nitrogens with two attached hydrogens (primary N) is 1. The largest absolute Gasteiger partial charge is 0.383 e. The van der Waals surface area contributed by atoms with Crippen LogP contribution < -0.4 is 11.1 Å². The fraction of sp³-hybridized carbons (Fsp3) is 0.111. The third kappa shape index (κ3) is 4.45. The van der Waals surface area contributed by atoms with Crippen LogP contribution in [0, 0.1) is 0 Å². The van der Waals surface area contributed by atoms with E-state index >= 15 is 0 Å². The number of nitrogens with zero attached hydrogens (tertiary/aromatic N) is 3. The number of nitrogen functional groups attached to an aromatic ring is 1. The average molecular weight is 383 g/mol. The molecule has 3 heterocycles. The number of anilines is 2. The van der Waals surface area contributed by atoms with Gasteiger partial charge in [0.2, 0.25) is 5.91 Å². The molecule has 0 bridgehead atoms. The van der Waals surface area contributed by atoms with Crippen LogP contribution in [0.1, 0.15) is 12.5 Å². The number of aromatic nitrogens is 3. The summed E-state index contributed by atoms with van der Waals surface area (Å²) in [5.41, 5.74) is 7.58. The lowest BCUT2D eigenvalue weighted by Gasteiger charge is -2.10. The fourth-order valence-electron chi connectivity index (χ4n) is 2.50. The Bertz CT molecular complexity index is 1090. The zero-order chi connectivity index (χ0) is 19.4. The Morgan fingerprint density at radius 1 is 1.11 bits per heavy atom. The first kappa shape index (κ1) is 18.5. The summed E-state index contributed by atoms with van der Waals surface area (Å²) >= 11 is 0. The van der Waals surface area contributed by atoms with Crippen LogP contribution in [-0.2, 0) is 20.4 Å². The Hall–Kier alpha value is -3.33. The minimum absolute atomic E-state index is 0.0539. The highest BCUT2D eigenvalue weighted by Crippen LogP contribution is 2.28. The standard InChI is InChI=1S/C18H17N5O3S/c1-12(24)23-17-8-14(4-6-21-17)15-7-16(18(19)22-10-15)27(25,26)11-13-3-2-5-20-9-13/h2-10H,11H2,1H3,(H2,19,22)(H,21,23,24). The van der Waals surface area contributed by atoms with E-state index in [1.807, 2.05) is 0 Å². The summed E-state index contributed by atoms with van der Waals surface area (Å²) in [5, 5.41) is 2.58. The second-order valence-electron chi connectivity index (χ2n) is 5.84. The highest BCUT2D eigenvalue weighted by molar-refractivity contribution is 7.90. The Morgan fingerprint density at radius 3 is 2.63 bits per heavy atom. The molecule has 0 saturated carbocycles. The molecule has 0 unspecified atom stereocenters. The molecular weight excluding hydrogens is 366 g/mol. The van der Waals surface area contributed by atoms with Crippen molar-refractivity contribution in [2.75, 3.05) is 11.1 Å². The number of carbonyl (C=O) groups is 1. The molecule has 0 fully saturated rings. The van der Waals surface area contributed by atoms with Crippen LogP contribution in [0.2, 0.25) is 0 Å². The van der Waals surface area contributed by atoms with Gasteiger partial charge in [-0.05, 0) is 35.4 Å². The van der Waals surface area contributed by atoms with Gasteiger partial charge >= 0.3 is 0 Å². The van der Waals surface area contributed by atoms with Crippen molar-refractivity contribution in [1.82, 2.24) is 15.0 Å². The Morgan fingerprint density at radius 2 is 1.93 bits per heavy atom. The first-order chi connectivity index (χ1) is 12.8. The van der Waals surface area contributed by atoms with E-state index < -0.39 is 9.84 Å². The summed E-state index contributed by atoms with van der Waals surface area (Å²) in [4.78, 5) is 23.2. The van der Waals surface area contributed by atoms with E-state index in [9.17, 15) is 13.2 Å². The zero-order valence-electron chi connectivity index (χ0n) is 14.5. The number of nitrogens with one attached hydrogen (secondary N) is 1. The third-order valence-electron chi connectivity index (χ3n) is 3.69. The molecular formula is C18H17N5O3S. The summed E-state index contributed by atoms with van der Waals surface area (Å²) < 4.78 is 25.6. The number of rotatable bonds is 5. The van der Waals surface area contributed by atoms with E-state index in [0.717, 1.165) is 0 Å². The average Bonchev–Trinajstić information content (AvgIpc) is 2.62. The molecule has 0 aliphatic rings. The van der Waals surface area contributed by atoms with Crippen LogP contribution in [0.25, 0.3) is 11.1 Å². The van der Waals surface area contributed by atoms with Gasteiger partial charge in [-0.1, -0.05) is 6.07 Å². The van der Waals surface area contributed by atoms with Crippen LogP contribution in [0.15, 0.2) is 60.0 Å². The van der Waals surface area contributed by atoms with Gasteiger partial charge in [0.15, 0.2) is 9.84 Å². The molecule has 0 spiro atoms. The number of sulfone groups is 1. The van der Waals surface area contributed by atoms with E-state index in [2.05, 4.69) is 20.3 Å². The van der Waals surface area contributed by atoms with Crippen LogP contribution in [-0.4, -0.2) is 29.3 Å². The molecule has 0 saturated heterocycles. The number of hydrogen-bond donors (Lipinski definition) is 2. The van der Waals surface area contributed by atoms with Crippen molar-refractivity contribution >= 4 is 27.4 Å². The minimum Gasteiger partial charge on any atom is -0.383 e. The van der Waals surface area contributed by atoms with Crippen LogP contribution in [0.3, 0.4) is 0 Å². The molecule has 1 amide bonds. The number of pyridine rings is 3. The van der Waals surface area contributed by atoms with Crippen molar-refractivity contribution in [2.45, 2.75) is 17.6 Å². The summed E-state index contributed by atoms with van der Waals surface area (Å²) in [6.07, 6.45) is 6.06. The van der Waals surface area contributed by atoms with Crippen molar-refractivity contribution in [1.29, 1.82) is 0 Å². The molecule has 27 heavy (non-hydrogen) atoms. The SMILES string of the molecule is CC(=O)Nc1cc(-c2cnc(N)c(S(=O)(=O)Cc3cccnc3)c2)ccn1. The molecule has 0 aliphatic heterocycles. The molecule has 0 aliphatic carbocycles. The van der Waals surface area contributed by atoms with Crippen LogP contribution in [0.4, 0.5) is 11.6 Å². The van der Waals surface area contributed by atoms with Gasteiger partial charge in [0.25, 0.3) is 0 Å². The first-order valence-corrected chi connectivity index (χ1v) is 9.61. The van der Waals surface area contributed by atoms with Crippen molar-refractivity contribution in [3.8, 4) is 11.1 Å². The molecule has 3 aromatic rings. The second kappa shape index (κ2) is 7.50. The highest BCUT2D eigenvalue weighted by Gasteiger charge is 2.20. The predicted octanol–water partition coefficient (Wildman–Crippen LogP) is 2.05. The molecule has 8 nitrogen and oxygen atoms in total. The predicted molar refractivity (Wildman–Crippen MR) is 101 cm³/mol. The van der Waals surface area contributed by atoms with Crippen molar-refractivity contribution in [3.05, 3.63) is 60.7 Å². The maximum Gasteiger partial charge on any atom is 0.222 e.